The molecule has 0 bridgehead atoms. The number of para-hydroxylation sites is 1. The second kappa shape index (κ2) is 4.45. The van der Waals surface area contributed by atoms with E-state index >= 15 is 0 Å². The summed E-state index contributed by atoms with van der Waals surface area (Å²) in [4.78, 5) is 24.9. The molecule has 0 saturated carbocycles. The first-order valence-electron chi connectivity index (χ1n) is 5.15. The molecular weight excluding hydrogens is 206 g/mol. The topological polar surface area (TPSA) is 46.6 Å². The SMILES string of the molecule is COCC1CC(=O)N(c2ccccc2)C1=O. The Morgan fingerprint density at radius 3 is 2.62 bits per heavy atom. The van der Waals surface area contributed by atoms with Gasteiger partial charge in [-0.1, -0.05) is 18.2 Å². The van der Waals surface area contributed by atoms with Crippen molar-refractivity contribution in [3.05, 3.63) is 30.3 Å². The van der Waals surface area contributed by atoms with Gasteiger partial charge in [0, 0.05) is 13.5 Å². The molecule has 1 aromatic rings. The minimum Gasteiger partial charge on any atom is -0.384 e. The molecule has 1 aromatic carbocycles. The molecule has 2 rings (SSSR count). The van der Waals surface area contributed by atoms with Crippen LogP contribution in [-0.4, -0.2) is 25.5 Å². The lowest BCUT2D eigenvalue weighted by atomic mass is 10.1. The van der Waals surface area contributed by atoms with Gasteiger partial charge in [0.1, 0.15) is 0 Å². The molecule has 4 heteroatoms. The first-order chi connectivity index (χ1) is 7.74. The lowest BCUT2D eigenvalue weighted by molar-refractivity contribution is -0.122. The molecule has 1 atom stereocenters. The smallest absolute Gasteiger partial charge is 0.239 e. The number of nitrogens with zero attached hydrogens (tertiary/aromatic N) is 1. The lowest BCUT2D eigenvalue weighted by Gasteiger charge is -2.14. The molecule has 0 aliphatic carbocycles. The number of imide groups is 1. The van der Waals surface area contributed by atoms with E-state index in [4.69, 9.17) is 4.74 Å². The zero-order valence-corrected chi connectivity index (χ0v) is 9.05. The van der Waals surface area contributed by atoms with Crippen LogP contribution >= 0.6 is 0 Å². The van der Waals surface area contributed by atoms with Crippen LogP contribution < -0.4 is 4.90 Å². The second-order valence-corrected chi connectivity index (χ2v) is 3.76. The molecule has 4 nitrogen and oxygen atoms in total. The van der Waals surface area contributed by atoms with Crippen LogP contribution in [0.2, 0.25) is 0 Å². The number of carbonyl (C=O) groups is 2. The van der Waals surface area contributed by atoms with E-state index in [0.717, 1.165) is 0 Å². The molecule has 1 aliphatic rings. The first-order valence-corrected chi connectivity index (χ1v) is 5.15. The fourth-order valence-electron chi connectivity index (χ4n) is 1.87. The van der Waals surface area contributed by atoms with E-state index in [2.05, 4.69) is 0 Å². The molecule has 16 heavy (non-hydrogen) atoms. The van der Waals surface area contributed by atoms with Crippen LogP contribution in [0.1, 0.15) is 6.42 Å². The van der Waals surface area contributed by atoms with Crippen LogP contribution in [-0.2, 0) is 14.3 Å². The van der Waals surface area contributed by atoms with E-state index in [-0.39, 0.29) is 24.2 Å². The van der Waals surface area contributed by atoms with E-state index < -0.39 is 0 Å². The molecule has 0 radical (unpaired) electrons. The van der Waals surface area contributed by atoms with Crippen molar-refractivity contribution in [2.75, 3.05) is 18.6 Å². The molecule has 0 spiro atoms. The van der Waals surface area contributed by atoms with Gasteiger partial charge in [-0.05, 0) is 12.1 Å². The Balaban J connectivity index is 2.23. The Labute approximate surface area is 93.8 Å². The molecule has 1 unspecified atom stereocenters. The quantitative estimate of drug-likeness (QED) is 0.718. The highest BCUT2D eigenvalue weighted by Gasteiger charge is 2.39. The number of ether oxygens (including phenoxy) is 1. The van der Waals surface area contributed by atoms with Crippen LogP contribution in [0, 0.1) is 5.92 Å². The number of anilines is 1. The Kier molecular flexibility index (Phi) is 3.01. The first kappa shape index (κ1) is 10.8. The van der Waals surface area contributed by atoms with E-state index in [9.17, 15) is 9.59 Å². The van der Waals surface area contributed by atoms with Gasteiger partial charge in [-0.2, -0.15) is 0 Å². The Morgan fingerprint density at radius 1 is 1.31 bits per heavy atom. The summed E-state index contributed by atoms with van der Waals surface area (Å²) >= 11 is 0. The Bertz CT molecular complexity index is 402. The zero-order valence-electron chi connectivity index (χ0n) is 9.05. The summed E-state index contributed by atoms with van der Waals surface area (Å²) in [6.07, 6.45) is 0.238. The van der Waals surface area contributed by atoms with Gasteiger partial charge in [0.2, 0.25) is 11.8 Å². The minimum absolute atomic E-state index is 0.154. The van der Waals surface area contributed by atoms with E-state index in [1.165, 1.54) is 12.0 Å². The summed E-state index contributed by atoms with van der Waals surface area (Å²) in [6, 6.07) is 8.97. The van der Waals surface area contributed by atoms with Gasteiger partial charge in [0.05, 0.1) is 18.2 Å². The van der Waals surface area contributed by atoms with Gasteiger partial charge in [-0.3, -0.25) is 14.5 Å². The average molecular weight is 219 g/mol. The maximum Gasteiger partial charge on any atom is 0.239 e. The predicted octanol–water partition coefficient (Wildman–Crippen LogP) is 1.21. The van der Waals surface area contributed by atoms with Gasteiger partial charge in [-0.15, -0.1) is 0 Å². The molecule has 0 aromatic heterocycles. The number of amides is 2. The number of benzene rings is 1. The molecule has 0 N–H and O–H groups in total. The summed E-state index contributed by atoms with van der Waals surface area (Å²) in [6.45, 7) is 0.300. The second-order valence-electron chi connectivity index (χ2n) is 3.76. The highest BCUT2D eigenvalue weighted by atomic mass is 16.5. The van der Waals surface area contributed by atoms with Gasteiger partial charge in [0.15, 0.2) is 0 Å². The number of hydrogen-bond acceptors (Lipinski definition) is 3. The van der Waals surface area contributed by atoms with E-state index in [1.54, 1.807) is 24.3 Å². The molecule has 2 amide bonds. The van der Waals surface area contributed by atoms with E-state index in [1.807, 2.05) is 6.07 Å². The van der Waals surface area contributed by atoms with Crippen LogP contribution in [0.3, 0.4) is 0 Å². The van der Waals surface area contributed by atoms with Gasteiger partial charge < -0.3 is 4.74 Å². The average Bonchev–Trinajstić information content (AvgIpc) is 2.56. The van der Waals surface area contributed by atoms with Crippen LogP contribution in [0.5, 0.6) is 0 Å². The highest BCUT2D eigenvalue weighted by Crippen LogP contribution is 2.26. The summed E-state index contributed by atoms with van der Waals surface area (Å²) in [5.41, 5.74) is 0.635. The molecule has 84 valence electrons. The lowest BCUT2D eigenvalue weighted by Crippen LogP contribution is -2.31. The third kappa shape index (κ3) is 1.84. The van der Waals surface area contributed by atoms with Crippen molar-refractivity contribution in [3.63, 3.8) is 0 Å². The van der Waals surface area contributed by atoms with Crippen molar-refractivity contribution >= 4 is 17.5 Å². The van der Waals surface area contributed by atoms with E-state index in [0.29, 0.717) is 12.3 Å². The fourth-order valence-corrected chi connectivity index (χ4v) is 1.87. The molecular formula is C12H13NO3. The zero-order chi connectivity index (χ0) is 11.5. The maximum absolute atomic E-state index is 11.9. The number of carbonyl (C=O) groups excluding carboxylic acids is 2. The summed E-state index contributed by atoms with van der Waals surface area (Å²) in [5, 5.41) is 0. The van der Waals surface area contributed by atoms with Crippen LogP contribution in [0.4, 0.5) is 5.69 Å². The van der Waals surface area contributed by atoms with Crippen LogP contribution in [0.25, 0.3) is 0 Å². The number of rotatable bonds is 3. The number of methoxy groups -OCH3 is 1. The molecule has 1 saturated heterocycles. The standard InChI is InChI=1S/C12H13NO3/c1-16-8-9-7-11(14)13(12(9)15)10-5-3-2-4-6-10/h2-6,9H,7-8H2,1H3. The Hall–Kier alpha value is -1.68. The van der Waals surface area contributed by atoms with Crippen LogP contribution in [0.15, 0.2) is 30.3 Å². The monoisotopic (exact) mass is 219 g/mol. The number of hydrogen-bond donors (Lipinski definition) is 0. The molecule has 1 aliphatic heterocycles. The van der Waals surface area contributed by atoms with Gasteiger partial charge in [0.25, 0.3) is 0 Å². The van der Waals surface area contributed by atoms with Crippen molar-refractivity contribution in [3.8, 4) is 0 Å². The maximum atomic E-state index is 11.9. The van der Waals surface area contributed by atoms with Crippen molar-refractivity contribution in [1.29, 1.82) is 0 Å². The van der Waals surface area contributed by atoms with Crippen molar-refractivity contribution in [2.45, 2.75) is 6.42 Å². The van der Waals surface area contributed by atoms with Crippen molar-refractivity contribution in [2.24, 2.45) is 5.92 Å². The largest absolute Gasteiger partial charge is 0.384 e. The minimum atomic E-state index is -0.335. The third-order valence-corrected chi connectivity index (χ3v) is 2.62. The summed E-state index contributed by atoms with van der Waals surface area (Å²) in [5.74, 6) is -0.658. The third-order valence-electron chi connectivity index (χ3n) is 2.62. The molecule has 1 fully saturated rings. The van der Waals surface area contributed by atoms with Gasteiger partial charge in [-0.25, -0.2) is 0 Å². The predicted molar refractivity (Wildman–Crippen MR) is 58.9 cm³/mol. The normalized spacial score (nSPS) is 20.6. The summed E-state index contributed by atoms with van der Waals surface area (Å²) in [7, 11) is 1.53. The highest BCUT2D eigenvalue weighted by molar-refractivity contribution is 6.20. The fraction of sp³-hybridized carbons (Fsp3) is 0.333. The van der Waals surface area contributed by atoms with Crippen molar-refractivity contribution < 1.29 is 14.3 Å². The van der Waals surface area contributed by atoms with Crippen molar-refractivity contribution in [1.82, 2.24) is 0 Å². The Morgan fingerprint density at radius 2 is 2.00 bits per heavy atom. The van der Waals surface area contributed by atoms with Gasteiger partial charge >= 0.3 is 0 Å². The molecule has 1 heterocycles. The summed E-state index contributed by atoms with van der Waals surface area (Å²) < 4.78 is 4.93.